The number of allylic oxidation sites excluding steroid dienone is 13. The summed E-state index contributed by atoms with van der Waals surface area (Å²) in [5.74, 6) is 0.118. The number of rotatable bonds is 3. The van der Waals surface area contributed by atoms with E-state index in [0.29, 0.717) is 11.8 Å². The Morgan fingerprint density at radius 3 is 2.06 bits per heavy atom. The molecule has 0 aliphatic heterocycles. The van der Waals surface area contributed by atoms with E-state index in [1.807, 2.05) is 0 Å². The number of hydrogen-bond acceptors (Lipinski definition) is 0. The molecule has 2 aromatic carbocycles. The van der Waals surface area contributed by atoms with Crippen molar-refractivity contribution in [2.75, 3.05) is 0 Å². The van der Waals surface area contributed by atoms with Crippen LogP contribution >= 0.6 is 0 Å². The third-order valence-electron chi connectivity index (χ3n) is 16.7. The fraction of sp³-hybridized carbons (Fsp3) is 0.467. The van der Waals surface area contributed by atoms with Crippen molar-refractivity contribution in [3.05, 3.63) is 125 Å². The van der Waals surface area contributed by atoms with Crippen molar-refractivity contribution in [3.8, 4) is 0 Å². The quantitative estimate of drug-likeness (QED) is 0.334. The molecule has 0 radical (unpaired) electrons. The maximum Gasteiger partial charge on any atom is -1.00 e. The fourth-order valence-electron chi connectivity index (χ4n) is 13.7. The van der Waals surface area contributed by atoms with Crippen molar-refractivity contribution in [2.24, 2.45) is 43.8 Å². The molecule has 4 heteroatoms. The van der Waals surface area contributed by atoms with E-state index in [-0.39, 0.29) is 62.7 Å². The molecule has 6 aliphatic rings. The van der Waals surface area contributed by atoms with Gasteiger partial charge in [-0.15, -0.1) is 0 Å². The minimum atomic E-state index is -0.770. The van der Waals surface area contributed by atoms with Crippen molar-refractivity contribution >= 4 is 22.8 Å². The summed E-state index contributed by atoms with van der Waals surface area (Å²) >= 11 is -0.730. The average Bonchev–Trinajstić information content (AvgIpc) is 3.45. The van der Waals surface area contributed by atoms with Gasteiger partial charge in [0, 0.05) is 0 Å². The standard InChI is InChI=1S/C43H47.C2H7Si.2ClH.Zr/c1-28-26-34-32-19-11-10-17-30(32)21-22-33(34)36(28)35-20-15-25-38(4)37(3)23-12-13-24-39(37,5)43(9)40(6,42(35,38)8)27-31-18-14-16-29(2)41(31,43)7;1-3-2;;;/h10-27,31,36H,1-9H3;3H,1-2H3;2*1H;/q;;;;+2/p-2. The van der Waals surface area contributed by atoms with Gasteiger partial charge in [0.05, 0.1) is 0 Å². The minimum Gasteiger partial charge on any atom is -1.00 e. The van der Waals surface area contributed by atoms with E-state index in [1.54, 1.807) is 11.1 Å². The maximum atomic E-state index is 2.86. The molecule has 0 nitrogen and oxygen atoms in total. The van der Waals surface area contributed by atoms with Gasteiger partial charge in [-0.05, 0) is 0 Å². The molecule has 10 atom stereocenters. The first-order valence-corrected chi connectivity index (χ1v) is 26.7. The Balaban J connectivity index is 0.00000208. The van der Waals surface area contributed by atoms with E-state index < -0.39 is 28.3 Å². The van der Waals surface area contributed by atoms with E-state index in [2.05, 4.69) is 179 Å². The predicted octanol–water partition coefficient (Wildman–Crippen LogP) is 6.03. The molecule has 8 rings (SSSR count). The van der Waals surface area contributed by atoms with Crippen molar-refractivity contribution in [1.82, 2.24) is 0 Å². The Hall–Kier alpha value is -1.44. The van der Waals surface area contributed by atoms with Gasteiger partial charge in [0.1, 0.15) is 0 Å². The molecule has 2 saturated carbocycles. The second-order valence-corrected chi connectivity index (χ2v) is 32.8. The molecule has 6 aliphatic carbocycles. The van der Waals surface area contributed by atoms with Crippen LogP contribution in [0.1, 0.15) is 79.4 Å². The third kappa shape index (κ3) is 3.82. The van der Waals surface area contributed by atoms with Crippen LogP contribution in [0.5, 0.6) is 0 Å². The molecule has 256 valence electrons. The molecule has 0 saturated heterocycles. The molecule has 0 N–H and O–H groups in total. The van der Waals surface area contributed by atoms with Gasteiger partial charge in [0.2, 0.25) is 0 Å². The van der Waals surface area contributed by atoms with Crippen LogP contribution < -0.4 is 24.8 Å². The van der Waals surface area contributed by atoms with E-state index in [9.17, 15) is 0 Å². The summed E-state index contributed by atoms with van der Waals surface area (Å²) in [4.78, 5) is 0. The van der Waals surface area contributed by atoms with Crippen molar-refractivity contribution in [3.63, 3.8) is 0 Å². The summed E-state index contributed by atoms with van der Waals surface area (Å²) in [6, 6.07) is 13.9. The van der Waals surface area contributed by atoms with Crippen LogP contribution in [0.3, 0.4) is 0 Å². The van der Waals surface area contributed by atoms with Crippen LogP contribution in [-0.4, -0.2) is 5.92 Å². The fourth-order valence-corrected chi connectivity index (χ4v) is 26.7. The smallest absolute Gasteiger partial charge is 1.00 e. The summed E-state index contributed by atoms with van der Waals surface area (Å²) in [6.07, 6.45) is 28.1. The minimum absolute atomic E-state index is 0. The molecule has 0 bridgehead atoms. The van der Waals surface area contributed by atoms with Crippen LogP contribution in [0, 0.1) is 43.8 Å². The van der Waals surface area contributed by atoms with Gasteiger partial charge in [-0.25, -0.2) is 0 Å². The number of benzene rings is 2. The first-order chi connectivity index (χ1) is 22.1. The molecule has 0 spiro atoms. The number of hydrogen-bond donors (Lipinski definition) is 0. The van der Waals surface area contributed by atoms with E-state index >= 15 is 0 Å². The van der Waals surface area contributed by atoms with Crippen LogP contribution in [-0.2, 0) is 22.4 Å². The maximum absolute atomic E-state index is 2.86. The van der Waals surface area contributed by atoms with Crippen LogP contribution in [0.25, 0.3) is 16.8 Å². The monoisotopic (exact) mass is 782 g/mol. The zero-order valence-electron chi connectivity index (χ0n) is 31.4. The Morgan fingerprint density at radius 2 is 1.37 bits per heavy atom. The van der Waals surface area contributed by atoms with Crippen molar-refractivity contribution in [1.29, 1.82) is 0 Å². The van der Waals surface area contributed by atoms with Gasteiger partial charge in [0.15, 0.2) is 0 Å². The van der Waals surface area contributed by atoms with Crippen LogP contribution in [0.2, 0.25) is 16.7 Å². The molecule has 2 fully saturated rings. The Morgan fingerprint density at radius 1 is 0.714 bits per heavy atom. The zero-order chi connectivity index (χ0) is 33.6. The third-order valence-corrected chi connectivity index (χ3v) is 27.6. The summed E-state index contributed by atoms with van der Waals surface area (Å²) in [5.41, 5.74) is 7.61. The summed E-state index contributed by atoms with van der Waals surface area (Å²) in [6.45, 7) is 29.5. The summed E-state index contributed by atoms with van der Waals surface area (Å²) in [5, 5.41) is 2.75. The largest absolute Gasteiger partial charge is 1.00 e. The molecule has 0 heterocycles. The molecule has 10 unspecified atom stereocenters. The second kappa shape index (κ2) is 11.5. The Bertz CT molecular complexity index is 1960. The topological polar surface area (TPSA) is 0 Å². The van der Waals surface area contributed by atoms with Crippen LogP contribution in [0.4, 0.5) is 0 Å². The first kappa shape index (κ1) is 37.3. The van der Waals surface area contributed by atoms with Gasteiger partial charge in [0.25, 0.3) is 0 Å². The van der Waals surface area contributed by atoms with Crippen molar-refractivity contribution in [2.45, 2.75) is 85.0 Å². The van der Waals surface area contributed by atoms with E-state index in [0.717, 1.165) is 3.63 Å². The number of fused-ring (bicyclic) bond motifs is 11. The van der Waals surface area contributed by atoms with Gasteiger partial charge in [-0.3, -0.25) is 0 Å². The van der Waals surface area contributed by atoms with E-state index in [1.165, 1.54) is 27.5 Å². The van der Waals surface area contributed by atoms with Gasteiger partial charge < -0.3 is 24.8 Å². The van der Waals surface area contributed by atoms with Gasteiger partial charge in [-0.1, -0.05) is 0 Å². The summed E-state index contributed by atoms with van der Waals surface area (Å²) in [7, 11) is 0. The zero-order valence-corrected chi connectivity index (χ0v) is 36.5. The van der Waals surface area contributed by atoms with Gasteiger partial charge in [-0.2, -0.15) is 0 Å². The Kier molecular flexibility index (Phi) is 8.78. The first-order valence-electron chi connectivity index (χ1n) is 18.2. The molecular weight excluding hydrogens is 731 g/mol. The normalized spacial score (nSPS) is 43.6. The molecule has 49 heavy (non-hydrogen) atoms. The van der Waals surface area contributed by atoms with E-state index in [4.69, 9.17) is 0 Å². The molecular formula is C45H54Cl2SiZr. The predicted molar refractivity (Wildman–Crippen MR) is 202 cm³/mol. The molecule has 0 aromatic heterocycles. The number of halogens is 2. The SMILES string of the molecule is CC1=Cc2c(ccc3ccccc23)C1C1=CC=CC2(C)C3(C)C=CC=CC3(C)C3(C)C4(C)C(C)=CC=CC4[CH]([Zr+2][SiH](C)C)C3(C)C12C.[Cl-].[Cl-]. The second-order valence-electron chi connectivity index (χ2n) is 17.6. The summed E-state index contributed by atoms with van der Waals surface area (Å²) < 4.78 is 0.759. The Labute approximate surface area is 321 Å². The average molecular weight is 785 g/mol. The molecule has 0 amide bonds. The van der Waals surface area contributed by atoms with Gasteiger partial charge >= 0.3 is 299 Å². The molecule has 2 aromatic rings. The van der Waals surface area contributed by atoms with Crippen molar-refractivity contribution < 1.29 is 47.2 Å². The van der Waals surface area contributed by atoms with Crippen LogP contribution in [0.15, 0.2) is 114 Å².